The molecule has 1 heterocycles. The highest BCUT2D eigenvalue weighted by atomic mass is 16.5. The van der Waals surface area contributed by atoms with Gasteiger partial charge in [-0.1, -0.05) is 5.92 Å². The number of nitrogens with zero attached hydrogens (tertiary/aromatic N) is 4. The van der Waals surface area contributed by atoms with Gasteiger partial charge in [-0.15, -0.1) is 6.42 Å². The third-order valence-electron chi connectivity index (χ3n) is 2.39. The highest BCUT2D eigenvalue weighted by molar-refractivity contribution is 5.37. The van der Waals surface area contributed by atoms with Gasteiger partial charge in [-0.3, -0.25) is 0 Å². The van der Waals surface area contributed by atoms with Crippen LogP contribution >= 0.6 is 0 Å². The molecule has 0 radical (unpaired) electrons. The molecule has 18 heavy (non-hydrogen) atoms. The van der Waals surface area contributed by atoms with Crippen molar-refractivity contribution >= 4 is 11.9 Å². The lowest BCUT2D eigenvalue weighted by molar-refractivity contribution is 0.256. The van der Waals surface area contributed by atoms with Crippen molar-refractivity contribution in [3.63, 3.8) is 0 Å². The molecule has 1 N–H and O–H groups in total. The van der Waals surface area contributed by atoms with Gasteiger partial charge in [0.25, 0.3) is 0 Å². The number of terminal acetylenes is 1. The molecule has 0 saturated heterocycles. The van der Waals surface area contributed by atoms with Gasteiger partial charge >= 0.3 is 6.01 Å². The SMILES string of the molecule is C#CC(C)Oc1nc(NC)nc(N(CC)CC)n1. The summed E-state index contributed by atoms with van der Waals surface area (Å²) >= 11 is 0. The van der Waals surface area contributed by atoms with Gasteiger partial charge in [0.05, 0.1) is 0 Å². The predicted molar refractivity (Wildman–Crippen MR) is 71.9 cm³/mol. The Morgan fingerprint density at radius 1 is 1.33 bits per heavy atom. The van der Waals surface area contributed by atoms with E-state index in [9.17, 15) is 0 Å². The number of anilines is 2. The van der Waals surface area contributed by atoms with Crippen molar-refractivity contribution in [2.24, 2.45) is 0 Å². The van der Waals surface area contributed by atoms with Gasteiger partial charge in [0.15, 0.2) is 6.10 Å². The summed E-state index contributed by atoms with van der Waals surface area (Å²) in [5.41, 5.74) is 0. The fraction of sp³-hybridized carbons (Fsp3) is 0.583. The Hall–Kier alpha value is -2.03. The van der Waals surface area contributed by atoms with Crippen molar-refractivity contribution in [3.05, 3.63) is 0 Å². The molecule has 0 aliphatic rings. The summed E-state index contributed by atoms with van der Waals surface area (Å²) in [4.78, 5) is 14.7. The van der Waals surface area contributed by atoms with Crippen molar-refractivity contribution in [1.29, 1.82) is 0 Å². The van der Waals surface area contributed by atoms with Gasteiger partial charge < -0.3 is 15.0 Å². The molecule has 6 heteroatoms. The number of rotatable bonds is 6. The second kappa shape index (κ2) is 6.64. The largest absolute Gasteiger partial charge is 0.447 e. The van der Waals surface area contributed by atoms with E-state index in [4.69, 9.17) is 11.2 Å². The van der Waals surface area contributed by atoms with E-state index in [1.165, 1.54) is 0 Å². The first-order valence-corrected chi connectivity index (χ1v) is 5.96. The van der Waals surface area contributed by atoms with Gasteiger partial charge in [-0.25, -0.2) is 0 Å². The number of ether oxygens (including phenoxy) is 1. The monoisotopic (exact) mass is 249 g/mol. The van der Waals surface area contributed by atoms with Crippen LogP contribution in [-0.2, 0) is 0 Å². The average molecular weight is 249 g/mol. The van der Waals surface area contributed by atoms with Gasteiger partial charge in [-0.05, 0) is 20.8 Å². The first-order chi connectivity index (χ1) is 8.64. The molecule has 98 valence electrons. The molecule has 0 fully saturated rings. The summed E-state index contributed by atoms with van der Waals surface area (Å²) < 4.78 is 5.42. The third kappa shape index (κ3) is 3.48. The summed E-state index contributed by atoms with van der Waals surface area (Å²) in [6.45, 7) is 7.47. The molecule has 0 aromatic carbocycles. The molecule has 1 aromatic rings. The Morgan fingerprint density at radius 2 is 2.00 bits per heavy atom. The van der Waals surface area contributed by atoms with Crippen LogP contribution in [-0.4, -0.2) is 41.2 Å². The molecule has 1 unspecified atom stereocenters. The van der Waals surface area contributed by atoms with E-state index in [1.807, 2.05) is 18.7 Å². The molecule has 0 spiro atoms. The molecular weight excluding hydrogens is 230 g/mol. The molecule has 1 aromatic heterocycles. The Labute approximate surface area is 108 Å². The quantitative estimate of drug-likeness (QED) is 0.763. The summed E-state index contributed by atoms with van der Waals surface area (Å²) in [7, 11) is 1.75. The highest BCUT2D eigenvalue weighted by Crippen LogP contribution is 2.15. The number of nitrogens with one attached hydrogen (secondary N) is 1. The first-order valence-electron chi connectivity index (χ1n) is 5.96. The topological polar surface area (TPSA) is 63.2 Å². The van der Waals surface area contributed by atoms with Crippen molar-refractivity contribution in [2.45, 2.75) is 26.9 Å². The third-order valence-corrected chi connectivity index (χ3v) is 2.39. The van der Waals surface area contributed by atoms with Gasteiger partial charge in [0, 0.05) is 20.1 Å². The maximum Gasteiger partial charge on any atom is 0.324 e. The van der Waals surface area contributed by atoms with Crippen molar-refractivity contribution < 1.29 is 4.74 Å². The smallest absolute Gasteiger partial charge is 0.324 e. The Bertz CT molecular complexity index is 425. The van der Waals surface area contributed by atoms with Crippen LogP contribution in [0, 0.1) is 12.3 Å². The summed E-state index contributed by atoms with van der Waals surface area (Å²) in [5, 5.41) is 2.88. The summed E-state index contributed by atoms with van der Waals surface area (Å²) in [6.07, 6.45) is 4.89. The first kappa shape index (κ1) is 14.0. The second-order valence-electron chi connectivity index (χ2n) is 3.59. The van der Waals surface area contributed by atoms with Gasteiger partial charge in [0.1, 0.15) is 0 Å². The van der Waals surface area contributed by atoms with Crippen LogP contribution in [0.25, 0.3) is 0 Å². The van der Waals surface area contributed by atoms with Crippen molar-refractivity contribution in [2.75, 3.05) is 30.4 Å². The Kier molecular flexibility index (Phi) is 5.18. The van der Waals surface area contributed by atoms with Crippen LogP contribution in [0.1, 0.15) is 20.8 Å². The maximum atomic E-state index is 5.42. The van der Waals surface area contributed by atoms with Crippen LogP contribution < -0.4 is 15.0 Å². The number of hydrogen-bond acceptors (Lipinski definition) is 6. The average Bonchev–Trinajstić information content (AvgIpc) is 2.39. The van der Waals surface area contributed by atoms with Crippen LogP contribution in [0.4, 0.5) is 11.9 Å². The van der Waals surface area contributed by atoms with Crippen LogP contribution in [0.5, 0.6) is 6.01 Å². The van der Waals surface area contributed by atoms with E-state index >= 15 is 0 Å². The van der Waals surface area contributed by atoms with Crippen LogP contribution in [0.2, 0.25) is 0 Å². The second-order valence-corrected chi connectivity index (χ2v) is 3.59. The lowest BCUT2D eigenvalue weighted by Gasteiger charge is -2.19. The lowest BCUT2D eigenvalue weighted by atomic mass is 10.4. The predicted octanol–water partition coefficient (Wildman–Crippen LogP) is 1.16. The fourth-order valence-corrected chi connectivity index (χ4v) is 1.35. The maximum absolute atomic E-state index is 5.42. The Balaban J connectivity index is 3.05. The summed E-state index contributed by atoms with van der Waals surface area (Å²) in [6, 6.07) is 0.238. The molecule has 1 atom stereocenters. The van der Waals surface area contributed by atoms with E-state index in [2.05, 4.69) is 26.2 Å². The van der Waals surface area contributed by atoms with E-state index in [1.54, 1.807) is 14.0 Å². The molecule has 0 aliphatic heterocycles. The lowest BCUT2D eigenvalue weighted by Crippen LogP contribution is -2.25. The van der Waals surface area contributed by atoms with E-state index in [0.717, 1.165) is 13.1 Å². The molecular formula is C12H19N5O. The van der Waals surface area contributed by atoms with Crippen LogP contribution in [0.15, 0.2) is 0 Å². The Morgan fingerprint density at radius 3 is 2.50 bits per heavy atom. The van der Waals surface area contributed by atoms with Crippen molar-refractivity contribution in [1.82, 2.24) is 15.0 Å². The molecule has 1 rings (SSSR count). The zero-order chi connectivity index (χ0) is 13.5. The standard InChI is InChI=1S/C12H19N5O/c1-6-9(4)18-12-15-10(13-5)14-11(16-12)17(7-2)8-3/h1,9H,7-8H2,2-5H3,(H,13,14,15,16). The minimum atomic E-state index is -0.373. The fourth-order valence-electron chi connectivity index (χ4n) is 1.35. The highest BCUT2D eigenvalue weighted by Gasteiger charge is 2.12. The summed E-state index contributed by atoms with van der Waals surface area (Å²) in [5.74, 6) is 3.52. The van der Waals surface area contributed by atoms with E-state index in [0.29, 0.717) is 11.9 Å². The van der Waals surface area contributed by atoms with Gasteiger partial charge in [-0.2, -0.15) is 15.0 Å². The minimum absolute atomic E-state index is 0.238. The molecule has 6 nitrogen and oxygen atoms in total. The minimum Gasteiger partial charge on any atom is -0.447 e. The number of hydrogen-bond donors (Lipinski definition) is 1. The number of aromatic nitrogens is 3. The molecule has 0 amide bonds. The molecule has 0 saturated carbocycles. The van der Waals surface area contributed by atoms with E-state index in [-0.39, 0.29) is 12.1 Å². The zero-order valence-electron chi connectivity index (χ0n) is 11.3. The van der Waals surface area contributed by atoms with Crippen molar-refractivity contribution in [3.8, 4) is 18.4 Å². The molecule has 0 aliphatic carbocycles. The van der Waals surface area contributed by atoms with E-state index < -0.39 is 0 Å². The normalized spacial score (nSPS) is 11.5. The zero-order valence-corrected chi connectivity index (χ0v) is 11.3. The van der Waals surface area contributed by atoms with Crippen LogP contribution in [0.3, 0.4) is 0 Å². The molecule has 0 bridgehead atoms. The van der Waals surface area contributed by atoms with Gasteiger partial charge in [0.2, 0.25) is 11.9 Å².